The molecule has 1 aromatic heterocycles. The Hall–Kier alpha value is -2.44. The number of furan rings is 1. The Morgan fingerprint density at radius 2 is 2.24 bits per heavy atom. The van der Waals surface area contributed by atoms with Crippen LogP contribution in [0.4, 0.5) is 4.39 Å². The molecule has 6 nitrogen and oxygen atoms in total. The van der Waals surface area contributed by atoms with Crippen molar-refractivity contribution in [3.63, 3.8) is 0 Å². The summed E-state index contributed by atoms with van der Waals surface area (Å²) in [7, 11) is 1.19. The van der Waals surface area contributed by atoms with Crippen LogP contribution in [0.2, 0.25) is 0 Å². The fourth-order valence-electron chi connectivity index (χ4n) is 2.32. The highest BCUT2D eigenvalue weighted by Crippen LogP contribution is 2.31. The molecule has 7 heteroatoms. The van der Waals surface area contributed by atoms with Crippen molar-refractivity contribution in [1.29, 1.82) is 0 Å². The Bertz CT molecular complexity index is 681. The summed E-state index contributed by atoms with van der Waals surface area (Å²) in [5, 5.41) is 11.5. The van der Waals surface area contributed by atoms with Crippen molar-refractivity contribution in [2.75, 3.05) is 13.7 Å². The van der Waals surface area contributed by atoms with Gasteiger partial charge >= 0.3 is 5.97 Å². The molecule has 0 N–H and O–H groups in total. The second-order valence-corrected chi connectivity index (χ2v) is 4.77. The molecular formula is C14H14FNO5. The number of methoxy groups -OCH3 is 1. The number of halogens is 1. The van der Waals surface area contributed by atoms with Gasteiger partial charge in [0.1, 0.15) is 11.4 Å². The van der Waals surface area contributed by atoms with Gasteiger partial charge in [-0.25, -0.2) is 4.39 Å². The Balaban J connectivity index is 2.48. The van der Waals surface area contributed by atoms with Crippen molar-refractivity contribution >= 4 is 16.9 Å². The SMILES string of the molecule is COC(=O)C(C)[C@@H](C[N+](=O)[O-])c1cc2ccoc2cc1F. The van der Waals surface area contributed by atoms with Gasteiger partial charge in [-0.1, -0.05) is 6.92 Å². The Morgan fingerprint density at radius 3 is 2.86 bits per heavy atom. The zero-order valence-corrected chi connectivity index (χ0v) is 11.5. The van der Waals surface area contributed by atoms with E-state index < -0.39 is 35.1 Å². The quantitative estimate of drug-likeness (QED) is 0.481. The number of fused-ring (bicyclic) bond motifs is 1. The van der Waals surface area contributed by atoms with Gasteiger partial charge in [0.25, 0.3) is 0 Å². The normalized spacial score (nSPS) is 13.9. The van der Waals surface area contributed by atoms with Crippen LogP contribution in [0.25, 0.3) is 11.0 Å². The van der Waals surface area contributed by atoms with Crippen LogP contribution in [0.3, 0.4) is 0 Å². The standard InChI is InChI=1S/C14H14FNO5/c1-8(14(17)20-2)11(7-16(18)19)10-5-9-3-4-21-13(9)6-12(10)15/h3-6,8,11H,7H2,1-2H3/t8?,11-/m1/s1. The van der Waals surface area contributed by atoms with Gasteiger partial charge in [0.15, 0.2) is 0 Å². The summed E-state index contributed by atoms with van der Waals surface area (Å²) in [6, 6.07) is 4.27. The first kappa shape index (κ1) is 15.0. The number of nitrogens with zero attached hydrogens (tertiary/aromatic N) is 1. The first-order chi connectivity index (χ1) is 9.93. The van der Waals surface area contributed by atoms with Gasteiger partial charge in [-0.05, 0) is 17.7 Å². The minimum Gasteiger partial charge on any atom is -0.469 e. The van der Waals surface area contributed by atoms with E-state index in [0.29, 0.717) is 11.0 Å². The first-order valence-electron chi connectivity index (χ1n) is 6.30. The van der Waals surface area contributed by atoms with E-state index in [0.717, 1.165) is 0 Å². The Kier molecular flexibility index (Phi) is 4.21. The van der Waals surface area contributed by atoms with E-state index in [9.17, 15) is 19.3 Å². The second kappa shape index (κ2) is 5.90. The number of nitro groups is 1. The summed E-state index contributed by atoms with van der Waals surface area (Å²) in [5.41, 5.74) is 0.459. The lowest BCUT2D eigenvalue weighted by Crippen LogP contribution is -2.27. The summed E-state index contributed by atoms with van der Waals surface area (Å²) in [4.78, 5) is 21.9. The molecule has 0 bridgehead atoms. The van der Waals surface area contributed by atoms with E-state index in [4.69, 9.17) is 4.42 Å². The van der Waals surface area contributed by atoms with Crippen molar-refractivity contribution in [2.24, 2.45) is 5.92 Å². The van der Waals surface area contributed by atoms with Gasteiger partial charge in [-0.15, -0.1) is 0 Å². The van der Waals surface area contributed by atoms with Crippen LogP contribution in [0.1, 0.15) is 18.4 Å². The molecule has 1 heterocycles. The molecule has 2 atom stereocenters. The van der Waals surface area contributed by atoms with Crippen LogP contribution in [-0.2, 0) is 9.53 Å². The monoisotopic (exact) mass is 295 g/mol. The maximum Gasteiger partial charge on any atom is 0.309 e. The third-order valence-corrected chi connectivity index (χ3v) is 3.49. The minimum absolute atomic E-state index is 0.110. The van der Waals surface area contributed by atoms with Crippen molar-refractivity contribution in [3.8, 4) is 0 Å². The lowest BCUT2D eigenvalue weighted by atomic mass is 9.86. The molecule has 0 aliphatic rings. The molecule has 0 saturated carbocycles. The molecule has 112 valence electrons. The highest BCUT2D eigenvalue weighted by atomic mass is 19.1. The summed E-state index contributed by atoms with van der Waals surface area (Å²) in [6.45, 7) is 0.926. The molecule has 0 fully saturated rings. The third-order valence-electron chi connectivity index (χ3n) is 3.49. The van der Waals surface area contributed by atoms with E-state index in [2.05, 4.69) is 4.74 Å². The fourth-order valence-corrected chi connectivity index (χ4v) is 2.32. The van der Waals surface area contributed by atoms with Gasteiger partial charge in [-0.2, -0.15) is 0 Å². The molecule has 1 unspecified atom stereocenters. The lowest BCUT2D eigenvalue weighted by molar-refractivity contribution is -0.484. The van der Waals surface area contributed by atoms with Gasteiger partial charge < -0.3 is 9.15 Å². The number of carbonyl (C=O) groups excluding carboxylic acids is 1. The molecule has 0 amide bonds. The van der Waals surface area contributed by atoms with Crippen LogP contribution >= 0.6 is 0 Å². The van der Waals surface area contributed by atoms with Gasteiger partial charge in [0, 0.05) is 16.4 Å². The zero-order valence-electron chi connectivity index (χ0n) is 11.5. The first-order valence-corrected chi connectivity index (χ1v) is 6.30. The average molecular weight is 295 g/mol. The van der Waals surface area contributed by atoms with E-state index >= 15 is 0 Å². The summed E-state index contributed by atoms with van der Waals surface area (Å²) in [5.74, 6) is -3.00. The summed E-state index contributed by atoms with van der Waals surface area (Å²) >= 11 is 0. The summed E-state index contributed by atoms with van der Waals surface area (Å²) < 4.78 is 23.9. The molecular weight excluding hydrogens is 281 g/mol. The van der Waals surface area contributed by atoms with Crippen molar-refractivity contribution in [2.45, 2.75) is 12.8 Å². The number of esters is 1. The van der Waals surface area contributed by atoms with Crippen LogP contribution in [0, 0.1) is 21.8 Å². The molecule has 21 heavy (non-hydrogen) atoms. The topological polar surface area (TPSA) is 82.6 Å². The number of hydrogen-bond donors (Lipinski definition) is 0. The van der Waals surface area contributed by atoms with E-state index in [-0.39, 0.29) is 5.56 Å². The van der Waals surface area contributed by atoms with Gasteiger partial charge in [0.2, 0.25) is 6.54 Å². The largest absolute Gasteiger partial charge is 0.469 e. The van der Waals surface area contributed by atoms with E-state index in [1.165, 1.54) is 32.4 Å². The van der Waals surface area contributed by atoms with Crippen molar-refractivity contribution < 1.29 is 23.3 Å². The maximum atomic E-state index is 14.2. The van der Waals surface area contributed by atoms with E-state index in [1.807, 2.05) is 0 Å². The number of hydrogen-bond acceptors (Lipinski definition) is 5. The molecule has 0 aliphatic heterocycles. The highest BCUT2D eigenvalue weighted by Gasteiger charge is 2.32. The molecule has 0 saturated heterocycles. The fraction of sp³-hybridized carbons (Fsp3) is 0.357. The third kappa shape index (κ3) is 3.01. The molecule has 2 rings (SSSR count). The predicted molar refractivity (Wildman–Crippen MR) is 72.0 cm³/mol. The van der Waals surface area contributed by atoms with Gasteiger partial charge in [-0.3, -0.25) is 14.9 Å². The molecule has 0 radical (unpaired) electrons. The second-order valence-electron chi connectivity index (χ2n) is 4.77. The summed E-state index contributed by atoms with van der Waals surface area (Å²) in [6.07, 6.45) is 1.40. The van der Waals surface area contributed by atoms with Gasteiger partial charge in [0.05, 0.1) is 25.2 Å². The number of benzene rings is 1. The molecule has 2 aromatic rings. The minimum atomic E-state index is -0.910. The van der Waals surface area contributed by atoms with Crippen molar-refractivity contribution in [3.05, 3.63) is 46.0 Å². The van der Waals surface area contributed by atoms with Crippen LogP contribution in [0.5, 0.6) is 0 Å². The van der Waals surface area contributed by atoms with Crippen LogP contribution in [0.15, 0.2) is 28.9 Å². The highest BCUT2D eigenvalue weighted by molar-refractivity contribution is 5.79. The Labute approximate surface area is 119 Å². The smallest absolute Gasteiger partial charge is 0.309 e. The van der Waals surface area contributed by atoms with E-state index in [1.54, 1.807) is 6.07 Å². The van der Waals surface area contributed by atoms with Crippen LogP contribution in [-0.4, -0.2) is 24.5 Å². The van der Waals surface area contributed by atoms with Crippen molar-refractivity contribution in [1.82, 2.24) is 0 Å². The number of rotatable bonds is 5. The maximum absolute atomic E-state index is 14.2. The number of ether oxygens (including phenoxy) is 1. The zero-order chi connectivity index (χ0) is 15.6. The molecule has 1 aromatic carbocycles. The average Bonchev–Trinajstić information content (AvgIpc) is 2.89. The Morgan fingerprint density at radius 1 is 1.52 bits per heavy atom. The molecule has 0 spiro atoms. The lowest BCUT2D eigenvalue weighted by Gasteiger charge is -2.19. The van der Waals surface area contributed by atoms with Crippen LogP contribution < -0.4 is 0 Å². The molecule has 0 aliphatic carbocycles. The number of carbonyl (C=O) groups is 1. The predicted octanol–water partition coefficient (Wildman–Crippen LogP) is 2.74.